The van der Waals surface area contributed by atoms with Crippen LogP contribution in [0, 0.1) is 27.7 Å². The summed E-state index contributed by atoms with van der Waals surface area (Å²) in [6.45, 7) is 10.7. The first-order chi connectivity index (χ1) is 18.9. The largest absolute Gasteiger partial charge is 0.490 e. The van der Waals surface area contributed by atoms with E-state index in [4.69, 9.17) is 9.90 Å². The summed E-state index contributed by atoms with van der Waals surface area (Å²) in [4.78, 5) is 23.0. The lowest BCUT2D eigenvalue weighted by atomic mass is 10.1. The van der Waals surface area contributed by atoms with Crippen LogP contribution in [0.1, 0.15) is 51.8 Å². The number of hydrogen-bond donors (Lipinski definition) is 3. The van der Waals surface area contributed by atoms with E-state index in [1.165, 1.54) is 6.07 Å². The summed E-state index contributed by atoms with van der Waals surface area (Å²) in [6, 6.07) is 10.2. The van der Waals surface area contributed by atoms with Gasteiger partial charge in [-0.25, -0.2) is 18.0 Å². The van der Waals surface area contributed by atoms with Gasteiger partial charge in [0.2, 0.25) is 0 Å². The molecule has 0 amide bonds. The number of halogens is 3. The van der Waals surface area contributed by atoms with Crippen molar-refractivity contribution in [1.29, 1.82) is 0 Å². The molecule has 10 nitrogen and oxygen atoms in total. The van der Waals surface area contributed by atoms with Crippen molar-refractivity contribution in [3.8, 4) is 0 Å². The van der Waals surface area contributed by atoms with E-state index in [1.807, 2.05) is 48.7 Å². The normalized spacial score (nSPS) is 11.4. The van der Waals surface area contributed by atoms with Crippen LogP contribution in [-0.2, 0) is 27.9 Å². The number of aromatic carboxylic acids is 1. The molecule has 0 spiro atoms. The lowest BCUT2D eigenvalue weighted by molar-refractivity contribution is -0.192. The molecule has 0 fully saturated rings. The van der Waals surface area contributed by atoms with E-state index in [2.05, 4.69) is 16.7 Å². The third-order valence-corrected chi connectivity index (χ3v) is 7.51. The van der Waals surface area contributed by atoms with E-state index in [0.717, 1.165) is 29.9 Å². The van der Waals surface area contributed by atoms with Gasteiger partial charge in [0, 0.05) is 19.3 Å². The van der Waals surface area contributed by atoms with E-state index in [9.17, 15) is 31.5 Å². The molecule has 0 bridgehead atoms. The van der Waals surface area contributed by atoms with Gasteiger partial charge in [0.05, 0.1) is 34.1 Å². The van der Waals surface area contributed by atoms with Crippen molar-refractivity contribution in [1.82, 2.24) is 9.78 Å². The number of carbonyl (C=O) groups is 2. The Kier molecular flexibility index (Phi) is 10.6. The molecule has 0 atom stereocenters. The van der Waals surface area contributed by atoms with E-state index < -0.39 is 28.1 Å². The van der Waals surface area contributed by atoms with Gasteiger partial charge in [-0.2, -0.15) is 18.3 Å². The van der Waals surface area contributed by atoms with E-state index in [-0.39, 0.29) is 16.1 Å². The molecule has 3 rings (SSSR count). The number of rotatable bonds is 9. The smallest absolute Gasteiger partial charge is 0.478 e. The number of carboxylic acids is 2. The SMILES string of the molecule is CCCn1nc(C)cc1CN(C)c1ccc(NS(=O)(=O)c2c(C)cc(C)cc2C)cc1C(=O)O.O=C(O)C(F)(F)F. The monoisotopic (exact) mass is 598 g/mol. The molecule has 3 aromatic rings. The number of nitrogens with one attached hydrogen (secondary N) is 1. The zero-order valence-corrected chi connectivity index (χ0v) is 24.3. The number of carboxylic acid groups (broad SMARTS) is 2. The predicted molar refractivity (Wildman–Crippen MR) is 148 cm³/mol. The Labute approximate surface area is 236 Å². The Balaban J connectivity index is 0.000000745. The molecular formula is C27H33F3N4O6S. The molecule has 41 heavy (non-hydrogen) atoms. The van der Waals surface area contributed by atoms with E-state index in [1.54, 1.807) is 26.0 Å². The fourth-order valence-electron chi connectivity index (χ4n) is 4.36. The summed E-state index contributed by atoms with van der Waals surface area (Å²) in [7, 11) is -2.08. The lowest BCUT2D eigenvalue weighted by Crippen LogP contribution is -2.22. The summed E-state index contributed by atoms with van der Waals surface area (Å²) < 4.78 is 62.5. The van der Waals surface area contributed by atoms with Crippen LogP contribution in [0.2, 0.25) is 0 Å². The Morgan fingerprint density at radius 2 is 1.59 bits per heavy atom. The molecule has 3 N–H and O–H groups in total. The molecule has 14 heteroatoms. The van der Waals surface area contributed by atoms with Gasteiger partial charge in [-0.1, -0.05) is 24.6 Å². The minimum atomic E-state index is -5.08. The lowest BCUT2D eigenvalue weighted by Gasteiger charge is -2.22. The van der Waals surface area contributed by atoms with Crippen LogP contribution in [-0.4, -0.2) is 53.6 Å². The van der Waals surface area contributed by atoms with Crippen LogP contribution >= 0.6 is 0 Å². The summed E-state index contributed by atoms with van der Waals surface area (Å²) >= 11 is 0. The number of alkyl halides is 3. The molecule has 0 aliphatic heterocycles. The molecule has 0 saturated carbocycles. The van der Waals surface area contributed by atoms with Crippen molar-refractivity contribution >= 4 is 33.3 Å². The zero-order chi connectivity index (χ0) is 31.3. The minimum absolute atomic E-state index is 0.0123. The van der Waals surface area contributed by atoms with E-state index >= 15 is 0 Å². The molecular weight excluding hydrogens is 565 g/mol. The third kappa shape index (κ3) is 8.71. The average molecular weight is 599 g/mol. The second-order valence-electron chi connectivity index (χ2n) is 9.53. The number of benzene rings is 2. The maximum atomic E-state index is 13.1. The van der Waals surface area contributed by atoms with Gasteiger partial charge in [0.25, 0.3) is 10.0 Å². The van der Waals surface area contributed by atoms with Crippen molar-refractivity contribution in [2.75, 3.05) is 16.7 Å². The Morgan fingerprint density at radius 3 is 2.07 bits per heavy atom. The first-order valence-electron chi connectivity index (χ1n) is 12.4. The van der Waals surface area contributed by atoms with Gasteiger partial charge in [-0.3, -0.25) is 9.40 Å². The van der Waals surface area contributed by atoms with Crippen molar-refractivity contribution in [3.05, 3.63) is 70.0 Å². The first-order valence-corrected chi connectivity index (χ1v) is 13.9. The Hall–Kier alpha value is -4.07. The summed E-state index contributed by atoms with van der Waals surface area (Å²) in [5, 5.41) is 21.5. The highest BCUT2D eigenvalue weighted by Gasteiger charge is 2.38. The maximum Gasteiger partial charge on any atom is 0.490 e. The number of aliphatic carboxylic acids is 1. The number of anilines is 2. The molecule has 0 unspecified atom stereocenters. The standard InChI is InChI=1S/C25H32N4O4S.C2HF3O2/c1-7-10-29-21(13-19(5)26-29)15-28(6)23-9-8-20(14-22(23)25(30)31)27-34(32,33)24-17(3)11-16(2)12-18(24)4;3-2(4,5)1(6)7/h8-9,11-14,27H,7,10,15H2,1-6H3,(H,30,31);(H,6,7). The maximum absolute atomic E-state index is 13.1. The highest BCUT2D eigenvalue weighted by Crippen LogP contribution is 2.29. The van der Waals surface area contributed by atoms with Crippen LogP contribution in [0.4, 0.5) is 24.5 Å². The fourth-order valence-corrected chi connectivity index (χ4v) is 5.87. The van der Waals surface area contributed by atoms with Crippen molar-refractivity contribution in [2.45, 2.75) is 65.2 Å². The van der Waals surface area contributed by atoms with Gasteiger partial charge in [-0.15, -0.1) is 0 Å². The quantitative estimate of drug-likeness (QED) is 0.302. The molecule has 0 radical (unpaired) electrons. The minimum Gasteiger partial charge on any atom is -0.478 e. The van der Waals surface area contributed by atoms with Crippen molar-refractivity contribution < 1.29 is 41.4 Å². The third-order valence-electron chi connectivity index (χ3n) is 5.83. The van der Waals surface area contributed by atoms with Gasteiger partial charge in [-0.05, 0) is 69.5 Å². The molecule has 2 aromatic carbocycles. The van der Waals surface area contributed by atoms with Crippen LogP contribution < -0.4 is 9.62 Å². The molecule has 1 heterocycles. The summed E-state index contributed by atoms with van der Waals surface area (Å²) in [5.74, 6) is -3.89. The molecule has 1 aromatic heterocycles. The Morgan fingerprint density at radius 1 is 1.02 bits per heavy atom. The zero-order valence-electron chi connectivity index (χ0n) is 23.5. The topological polar surface area (TPSA) is 142 Å². The summed E-state index contributed by atoms with van der Waals surface area (Å²) in [5.41, 5.74) is 4.83. The predicted octanol–water partition coefficient (Wildman–Crippen LogP) is 5.30. The highest BCUT2D eigenvalue weighted by atomic mass is 32.2. The van der Waals surface area contributed by atoms with Crippen LogP contribution in [0.3, 0.4) is 0 Å². The fraction of sp³-hybridized carbons (Fsp3) is 0.370. The van der Waals surface area contributed by atoms with Crippen LogP contribution in [0.25, 0.3) is 0 Å². The number of sulfonamides is 1. The first kappa shape index (κ1) is 33.1. The molecule has 0 aliphatic rings. The molecule has 0 saturated heterocycles. The van der Waals surface area contributed by atoms with Crippen molar-refractivity contribution in [3.63, 3.8) is 0 Å². The average Bonchev–Trinajstić information content (AvgIpc) is 3.16. The van der Waals surface area contributed by atoms with E-state index in [0.29, 0.717) is 23.4 Å². The van der Waals surface area contributed by atoms with Crippen molar-refractivity contribution in [2.24, 2.45) is 0 Å². The van der Waals surface area contributed by atoms with Gasteiger partial charge >= 0.3 is 18.1 Å². The molecule has 224 valence electrons. The van der Waals surface area contributed by atoms with Crippen LogP contribution in [0.5, 0.6) is 0 Å². The number of hydrogen-bond acceptors (Lipinski definition) is 6. The number of aryl methyl sites for hydroxylation is 5. The van der Waals surface area contributed by atoms with Gasteiger partial charge < -0.3 is 15.1 Å². The highest BCUT2D eigenvalue weighted by molar-refractivity contribution is 7.92. The van der Waals surface area contributed by atoms with Gasteiger partial charge in [0.1, 0.15) is 0 Å². The Bertz CT molecular complexity index is 1510. The van der Waals surface area contributed by atoms with Crippen LogP contribution in [0.15, 0.2) is 41.3 Å². The summed E-state index contributed by atoms with van der Waals surface area (Å²) in [6.07, 6.45) is -4.15. The number of aromatic nitrogens is 2. The molecule has 0 aliphatic carbocycles. The van der Waals surface area contributed by atoms with Gasteiger partial charge in [0.15, 0.2) is 0 Å². The second kappa shape index (κ2) is 13.1. The number of nitrogens with zero attached hydrogens (tertiary/aromatic N) is 3. The second-order valence-corrected chi connectivity index (χ2v) is 11.1.